The molecule has 0 spiro atoms. The van der Waals surface area contributed by atoms with Crippen LogP contribution in [0.5, 0.6) is 0 Å². The van der Waals surface area contributed by atoms with Crippen LogP contribution in [-0.2, 0) is 23.0 Å². The SMILES string of the molecule is Cn1cc(CC(=O)CC2CCCCO2)nn1. The first kappa shape index (κ1) is 11.3. The van der Waals surface area contributed by atoms with Gasteiger partial charge in [-0.15, -0.1) is 5.10 Å². The molecular weight excluding hydrogens is 206 g/mol. The largest absolute Gasteiger partial charge is 0.378 e. The van der Waals surface area contributed by atoms with Crippen molar-refractivity contribution in [1.29, 1.82) is 0 Å². The molecule has 5 nitrogen and oxygen atoms in total. The van der Waals surface area contributed by atoms with Gasteiger partial charge in [0.2, 0.25) is 0 Å². The van der Waals surface area contributed by atoms with Gasteiger partial charge in [-0.2, -0.15) is 0 Å². The molecule has 1 aromatic rings. The fourth-order valence-electron chi connectivity index (χ4n) is 1.97. The molecule has 1 aliphatic heterocycles. The number of carbonyl (C=O) groups excluding carboxylic acids is 1. The van der Waals surface area contributed by atoms with Gasteiger partial charge in [0, 0.05) is 26.3 Å². The zero-order valence-electron chi connectivity index (χ0n) is 9.56. The topological polar surface area (TPSA) is 57.0 Å². The third-order valence-electron chi connectivity index (χ3n) is 2.76. The third kappa shape index (κ3) is 3.13. The number of nitrogens with zero attached hydrogens (tertiary/aromatic N) is 3. The Morgan fingerprint density at radius 2 is 2.50 bits per heavy atom. The van der Waals surface area contributed by atoms with Crippen molar-refractivity contribution in [2.24, 2.45) is 7.05 Å². The van der Waals surface area contributed by atoms with Crippen LogP contribution in [-0.4, -0.2) is 33.5 Å². The summed E-state index contributed by atoms with van der Waals surface area (Å²) in [5.41, 5.74) is 0.739. The molecule has 0 aromatic carbocycles. The second kappa shape index (κ2) is 5.21. The normalized spacial score (nSPS) is 20.9. The number of aromatic nitrogens is 3. The average Bonchev–Trinajstić information content (AvgIpc) is 2.65. The molecule has 0 radical (unpaired) electrons. The summed E-state index contributed by atoms with van der Waals surface area (Å²) in [5.74, 6) is 0.187. The minimum Gasteiger partial charge on any atom is -0.378 e. The number of ketones is 1. The van der Waals surface area contributed by atoms with Crippen molar-refractivity contribution < 1.29 is 9.53 Å². The highest BCUT2D eigenvalue weighted by Gasteiger charge is 2.18. The van der Waals surface area contributed by atoms with E-state index < -0.39 is 0 Å². The predicted octanol–water partition coefficient (Wildman–Crippen LogP) is 0.886. The van der Waals surface area contributed by atoms with Crippen LogP contribution in [0.2, 0.25) is 0 Å². The Kier molecular flexibility index (Phi) is 3.66. The van der Waals surface area contributed by atoms with Gasteiger partial charge in [0.15, 0.2) is 0 Å². The Labute approximate surface area is 94.8 Å². The first-order chi connectivity index (χ1) is 7.74. The minimum absolute atomic E-state index is 0.123. The smallest absolute Gasteiger partial charge is 0.141 e. The molecule has 1 unspecified atom stereocenters. The maximum absolute atomic E-state index is 11.7. The van der Waals surface area contributed by atoms with Gasteiger partial charge >= 0.3 is 0 Å². The third-order valence-corrected chi connectivity index (χ3v) is 2.76. The predicted molar refractivity (Wildman–Crippen MR) is 57.9 cm³/mol. The molecule has 1 saturated heterocycles. The van der Waals surface area contributed by atoms with Crippen molar-refractivity contribution >= 4 is 5.78 Å². The van der Waals surface area contributed by atoms with Crippen LogP contribution in [0, 0.1) is 0 Å². The molecule has 0 saturated carbocycles. The van der Waals surface area contributed by atoms with E-state index in [1.807, 2.05) is 0 Å². The molecule has 5 heteroatoms. The van der Waals surface area contributed by atoms with Crippen molar-refractivity contribution in [3.63, 3.8) is 0 Å². The number of Topliss-reactive ketones (excluding diaryl/α,β-unsaturated/α-hetero) is 1. The first-order valence-corrected chi connectivity index (χ1v) is 5.72. The number of rotatable bonds is 4. The highest BCUT2D eigenvalue weighted by Crippen LogP contribution is 2.16. The standard InChI is InChI=1S/C11H17N3O2/c1-14-8-9(12-13-14)6-10(15)7-11-4-2-3-5-16-11/h8,11H,2-7H2,1H3. The van der Waals surface area contributed by atoms with E-state index in [2.05, 4.69) is 10.3 Å². The van der Waals surface area contributed by atoms with Gasteiger partial charge in [-0.1, -0.05) is 5.21 Å². The molecule has 1 atom stereocenters. The molecule has 0 amide bonds. The molecule has 0 aliphatic carbocycles. The molecule has 88 valence electrons. The highest BCUT2D eigenvalue weighted by atomic mass is 16.5. The van der Waals surface area contributed by atoms with Crippen LogP contribution in [0.1, 0.15) is 31.4 Å². The minimum atomic E-state index is 0.123. The Morgan fingerprint density at radius 3 is 3.12 bits per heavy atom. The van der Waals surface area contributed by atoms with Crippen molar-refractivity contribution in [3.05, 3.63) is 11.9 Å². The van der Waals surface area contributed by atoms with Crippen molar-refractivity contribution in [3.8, 4) is 0 Å². The highest BCUT2D eigenvalue weighted by molar-refractivity contribution is 5.80. The monoisotopic (exact) mass is 223 g/mol. The van der Waals surface area contributed by atoms with Gasteiger partial charge in [-0.3, -0.25) is 9.48 Å². The van der Waals surface area contributed by atoms with Crippen LogP contribution in [0.25, 0.3) is 0 Å². The van der Waals surface area contributed by atoms with E-state index in [-0.39, 0.29) is 11.9 Å². The second-order valence-corrected chi connectivity index (χ2v) is 4.29. The lowest BCUT2D eigenvalue weighted by Crippen LogP contribution is -2.23. The van der Waals surface area contributed by atoms with E-state index in [0.717, 1.165) is 25.1 Å². The van der Waals surface area contributed by atoms with Crippen molar-refractivity contribution in [2.75, 3.05) is 6.61 Å². The summed E-state index contributed by atoms with van der Waals surface area (Å²) >= 11 is 0. The summed E-state index contributed by atoms with van der Waals surface area (Å²) in [6.45, 7) is 0.795. The molecular formula is C11H17N3O2. The second-order valence-electron chi connectivity index (χ2n) is 4.29. The summed E-state index contributed by atoms with van der Waals surface area (Å²) in [5, 5.41) is 7.70. The summed E-state index contributed by atoms with van der Waals surface area (Å²) in [7, 11) is 1.80. The zero-order valence-corrected chi connectivity index (χ0v) is 9.56. The van der Waals surface area contributed by atoms with E-state index in [1.54, 1.807) is 17.9 Å². The van der Waals surface area contributed by atoms with Gasteiger partial charge in [-0.25, -0.2) is 0 Å². The molecule has 0 bridgehead atoms. The van der Waals surface area contributed by atoms with Gasteiger partial charge in [0.1, 0.15) is 5.78 Å². The summed E-state index contributed by atoms with van der Waals surface area (Å²) in [6, 6.07) is 0. The molecule has 1 aromatic heterocycles. The Balaban J connectivity index is 1.79. The summed E-state index contributed by atoms with van der Waals surface area (Å²) in [4.78, 5) is 11.7. The number of hydrogen-bond acceptors (Lipinski definition) is 4. The molecule has 0 N–H and O–H groups in total. The number of carbonyl (C=O) groups is 1. The summed E-state index contributed by atoms with van der Waals surface area (Å²) < 4.78 is 7.14. The molecule has 16 heavy (non-hydrogen) atoms. The molecule has 2 rings (SSSR count). The summed E-state index contributed by atoms with van der Waals surface area (Å²) in [6.07, 6.45) is 6.08. The maximum atomic E-state index is 11.7. The van der Waals surface area contributed by atoms with Gasteiger partial charge in [0.25, 0.3) is 0 Å². The van der Waals surface area contributed by atoms with E-state index in [1.165, 1.54) is 6.42 Å². The van der Waals surface area contributed by atoms with Crippen LogP contribution in [0.4, 0.5) is 0 Å². The van der Waals surface area contributed by atoms with E-state index in [9.17, 15) is 4.79 Å². The van der Waals surface area contributed by atoms with E-state index in [4.69, 9.17) is 4.74 Å². The lowest BCUT2D eigenvalue weighted by Gasteiger charge is -2.21. The Bertz CT molecular complexity index is 356. The fraction of sp³-hybridized carbons (Fsp3) is 0.727. The van der Waals surface area contributed by atoms with E-state index in [0.29, 0.717) is 12.8 Å². The van der Waals surface area contributed by atoms with Crippen LogP contribution < -0.4 is 0 Å². The van der Waals surface area contributed by atoms with Gasteiger partial charge in [0.05, 0.1) is 18.2 Å². The van der Waals surface area contributed by atoms with Crippen molar-refractivity contribution in [2.45, 2.75) is 38.2 Å². The average molecular weight is 223 g/mol. The van der Waals surface area contributed by atoms with Gasteiger partial charge < -0.3 is 4.74 Å². The fourth-order valence-corrected chi connectivity index (χ4v) is 1.97. The Morgan fingerprint density at radius 1 is 1.62 bits per heavy atom. The Hall–Kier alpha value is -1.23. The first-order valence-electron chi connectivity index (χ1n) is 5.72. The lowest BCUT2D eigenvalue weighted by atomic mass is 10.0. The molecule has 1 aliphatic rings. The number of aryl methyl sites for hydroxylation is 1. The van der Waals surface area contributed by atoms with Crippen LogP contribution in [0.15, 0.2) is 6.20 Å². The zero-order chi connectivity index (χ0) is 11.4. The van der Waals surface area contributed by atoms with Crippen molar-refractivity contribution in [1.82, 2.24) is 15.0 Å². The maximum Gasteiger partial charge on any atom is 0.141 e. The van der Waals surface area contributed by atoms with Crippen LogP contribution >= 0.6 is 0 Å². The molecule has 1 fully saturated rings. The van der Waals surface area contributed by atoms with E-state index >= 15 is 0 Å². The number of hydrogen-bond donors (Lipinski definition) is 0. The lowest BCUT2D eigenvalue weighted by molar-refractivity contribution is -0.122. The van der Waals surface area contributed by atoms with Gasteiger partial charge in [-0.05, 0) is 19.3 Å². The quantitative estimate of drug-likeness (QED) is 0.760. The number of ether oxygens (including phenoxy) is 1. The van der Waals surface area contributed by atoms with Crippen LogP contribution in [0.3, 0.4) is 0 Å². The molecule has 2 heterocycles.